The maximum Gasteiger partial charge on any atom is 0.221 e. The molecule has 106 valence electrons. The lowest BCUT2D eigenvalue weighted by atomic mass is 10.1. The van der Waals surface area contributed by atoms with Gasteiger partial charge in [-0.2, -0.15) is 0 Å². The summed E-state index contributed by atoms with van der Waals surface area (Å²) in [5.74, 6) is 0.898. The molecule has 2 unspecified atom stereocenters. The number of ether oxygens (including phenoxy) is 2. The average molecular weight is 266 g/mol. The number of nitrogens with one attached hydrogen (secondary N) is 1. The van der Waals surface area contributed by atoms with Gasteiger partial charge in [0.25, 0.3) is 0 Å². The first kappa shape index (κ1) is 15.3. The minimum Gasteiger partial charge on any atom is -0.493 e. The molecule has 0 radical (unpaired) electrons. The maximum atomic E-state index is 11.0. The minimum absolute atomic E-state index is 0.0987. The Bertz CT molecular complexity index is 435. The van der Waals surface area contributed by atoms with Crippen molar-refractivity contribution in [2.75, 3.05) is 20.8 Å². The number of benzene rings is 1. The zero-order valence-corrected chi connectivity index (χ0v) is 11.9. The summed E-state index contributed by atoms with van der Waals surface area (Å²) < 4.78 is 10.5. The fraction of sp³-hybridized carbons (Fsp3) is 0.500. The van der Waals surface area contributed by atoms with Crippen molar-refractivity contribution >= 4 is 5.91 Å². The second kappa shape index (κ2) is 6.99. The number of hydrogen-bond acceptors (Lipinski definition) is 4. The second-order valence-electron chi connectivity index (χ2n) is 4.55. The van der Waals surface area contributed by atoms with E-state index in [9.17, 15) is 4.79 Å². The van der Waals surface area contributed by atoms with Gasteiger partial charge in [0.05, 0.1) is 14.2 Å². The van der Waals surface area contributed by atoms with Crippen LogP contribution in [0, 0.1) is 5.92 Å². The van der Waals surface area contributed by atoms with Crippen molar-refractivity contribution in [1.82, 2.24) is 5.32 Å². The van der Waals surface area contributed by atoms with E-state index in [1.165, 1.54) is 0 Å². The Hall–Kier alpha value is -1.75. The highest BCUT2D eigenvalue weighted by Gasteiger charge is 2.13. The topological polar surface area (TPSA) is 73.6 Å². The first-order valence-electron chi connectivity index (χ1n) is 6.24. The number of hydrogen-bond donors (Lipinski definition) is 2. The number of carbonyl (C=O) groups excluding carboxylic acids is 1. The maximum absolute atomic E-state index is 11.0. The summed E-state index contributed by atoms with van der Waals surface area (Å²) in [6, 6.07) is 5.85. The molecule has 1 rings (SSSR count). The van der Waals surface area contributed by atoms with Gasteiger partial charge in [-0.1, -0.05) is 13.0 Å². The standard InChI is InChI=1S/C14H22N2O3/c1-9(14(15)17)8-16-10(2)11-5-6-12(18-3)13(7-11)19-4/h5-7,9-10,16H,8H2,1-4H3,(H2,15,17). The number of carbonyl (C=O) groups is 1. The molecular weight excluding hydrogens is 244 g/mol. The van der Waals surface area contributed by atoms with Crippen LogP contribution < -0.4 is 20.5 Å². The van der Waals surface area contributed by atoms with Crippen molar-refractivity contribution in [3.63, 3.8) is 0 Å². The average Bonchev–Trinajstić information content (AvgIpc) is 2.43. The molecule has 5 heteroatoms. The molecule has 0 spiro atoms. The molecule has 0 aliphatic rings. The van der Waals surface area contributed by atoms with Crippen molar-refractivity contribution in [2.45, 2.75) is 19.9 Å². The van der Waals surface area contributed by atoms with E-state index < -0.39 is 0 Å². The van der Waals surface area contributed by atoms with Crippen LogP contribution in [0.1, 0.15) is 25.5 Å². The quantitative estimate of drug-likeness (QED) is 0.784. The zero-order chi connectivity index (χ0) is 14.4. The van der Waals surface area contributed by atoms with E-state index in [2.05, 4.69) is 5.32 Å². The molecule has 0 saturated heterocycles. The van der Waals surface area contributed by atoms with Gasteiger partial charge in [0.15, 0.2) is 11.5 Å². The van der Waals surface area contributed by atoms with Crippen LogP contribution in [0.25, 0.3) is 0 Å². The van der Waals surface area contributed by atoms with Crippen LogP contribution in [0.15, 0.2) is 18.2 Å². The van der Waals surface area contributed by atoms with Crippen LogP contribution in [0.3, 0.4) is 0 Å². The Kier molecular flexibility index (Phi) is 5.63. The van der Waals surface area contributed by atoms with Gasteiger partial charge in [-0.25, -0.2) is 0 Å². The summed E-state index contributed by atoms with van der Waals surface area (Å²) in [6.45, 7) is 4.37. The lowest BCUT2D eigenvalue weighted by molar-refractivity contribution is -0.121. The van der Waals surface area contributed by atoms with Crippen LogP contribution in [-0.4, -0.2) is 26.7 Å². The monoisotopic (exact) mass is 266 g/mol. The van der Waals surface area contributed by atoms with Crippen molar-refractivity contribution in [1.29, 1.82) is 0 Å². The number of primary amides is 1. The van der Waals surface area contributed by atoms with Gasteiger partial charge in [0.1, 0.15) is 0 Å². The molecule has 0 aromatic heterocycles. The summed E-state index contributed by atoms with van der Waals surface area (Å²) in [4.78, 5) is 11.0. The predicted molar refractivity (Wildman–Crippen MR) is 74.3 cm³/mol. The number of nitrogens with two attached hydrogens (primary N) is 1. The summed E-state index contributed by atoms with van der Waals surface area (Å²) >= 11 is 0. The predicted octanol–water partition coefficient (Wildman–Crippen LogP) is 1.48. The molecule has 1 amide bonds. The van der Waals surface area contributed by atoms with Crippen LogP contribution in [0.5, 0.6) is 11.5 Å². The third-order valence-corrected chi connectivity index (χ3v) is 3.12. The highest BCUT2D eigenvalue weighted by Crippen LogP contribution is 2.29. The largest absolute Gasteiger partial charge is 0.493 e. The van der Waals surface area contributed by atoms with Gasteiger partial charge < -0.3 is 20.5 Å². The Balaban J connectivity index is 2.71. The summed E-state index contributed by atoms with van der Waals surface area (Å²) in [6.07, 6.45) is 0. The van der Waals surface area contributed by atoms with E-state index in [1.807, 2.05) is 25.1 Å². The third kappa shape index (κ3) is 4.13. The van der Waals surface area contributed by atoms with E-state index in [-0.39, 0.29) is 17.9 Å². The SMILES string of the molecule is COc1ccc(C(C)NCC(C)C(N)=O)cc1OC. The Labute approximate surface area is 114 Å². The van der Waals surface area contributed by atoms with Crippen molar-refractivity contribution < 1.29 is 14.3 Å². The summed E-state index contributed by atoms with van der Waals surface area (Å²) in [5.41, 5.74) is 6.29. The van der Waals surface area contributed by atoms with Gasteiger partial charge >= 0.3 is 0 Å². The van der Waals surface area contributed by atoms with Crippen LogP contribution in [-0.2, 0) is 4.79 Å². The van der Waals surface area contributed by atoms with Crippen LogP contribution in [0.4, 0.5) is 0 Å². The zero-order valence-electron chi connectivity index (χ0n) is 11.9. The summed E-state index contributed by atoms with van der Waals surface area (Å²) in [5, 5.41) is 3.27. The van der Waals surface area contributed by atoms with Crippen LogP contribution >= 0.6 is 0 Å². The number of amides is 1. The van der Waals surface area contributed by atoms with Crippen molar-refractivity contribution in [3.05, 3.63) is 23.8 Å². The molecule has 0 fully saturated rings. The van der Waals surface area contributed by atoms with Crippen molar-refractivity contribution in [3.8, 4) is 11.5 Å². The highest BCUT2D eigenvalue weighted by atomic mass is 16.5. The van der Waals surface area contributed by atoms with E-state index >= 15 is 0 Å². The minimum atomic E-state index is -0.299. The van der Waals surface area contributed by atoms with E-state index in [0.717, 1.165) is 5.56 Å². The molecule has 0 aliphatic carbocycles. The molecule has 2 atom stereocenters. The molecule has 0 bridgehead atoms. The fourth-order valence-electron chi connectivity index (χ4n) is 1.69. The van der Waals surface area contributed by atoms with E-state index in [1.54, 1.807) is 21.1 Å². The van der Waals surface area contributed by atoms with E-state index in [4.69, 9.17) is 15.2 Å². The van der Waals surface area contributed by atoms with Gasteiger partial charge in [0, 0.05) is 18.5 Å². The summed E-state index contributed by atoms with van der Waals surface area (Å²) in [7, 11) is 3.21. The molecule has 1 aromatic rings. The fourth-order valence-corrected chi connectivity index (χ4v) is 1.69. The molecule has 3 N–H and O–H groups in total. The molecule has 5 nitrogen and oxygen atoms in total. The van der Waals surface area contributed by atoms with Gasteiger partial charge in [-0.3, -0.25) is 4.79 Å². The van der Waals surface area contributed by atoms with Crippen LogP contribution in [0.2, 0.25) is 0 Å². The Morgan fingerprint density at radius 2 is 1.89 bits per heavy atom. The smallest absolute Gasteiger partial charge is 0.221 e. The Morgan fingerprint density at radius 3 is 2.42 bits per heavy atom. The number of rotatable bonds is 7. The Morgan fingerprint density at radius 1 is 1.26 bits per heavy atom. The molecule has 0 heterocycles. The first-order chi connectivity index (χ1) is 8.99. The molecule has 0 aliphatic heterocycles. The third-order valence-electron chi connectivity index (χ3n) is 3.12. The first-order valence-corrected chi connectivity index (χ1v) is 6.24. The molecule has 19 heavy (non-hydrogen) atoms. The molecule has 0 saturated carbocycles. The van der Waals surface area contributed by atoms with Crippen molar-refractivity contribution in [2.24, 2.45) is 11.7 Å². The molecular formula is C14H22N2O3. The van der Waals surface area contributed by atoms with Gasteiger partial charge in [-0.05, 0) is 24.6 Å². The lowest BCUT2D eigenvalue weighted by Gasteiger charge is -2.18. The van der Waals surface area contributed by atoms with E-state index in [0.29, 0.717) is 18.0 Å². The second-order valence-corrected chi connectivity index (χ2v) is 4.55. The van der Waals surface area contributed by atoms with Gasteiger partial charge in [0.2, 0.25) is 5.91 Å². The molecule has 1 aromatic carbocycles. The van der Waals surface area contributed by atoms with Gasteiger partial charge in [-0.15, -0.1) is 0 Å². The highest BCUT2D eigenvalue weighted by molar-refractivity contribution is 5.76. The lowest BCUT2D eigenvalue weighted by Crippen LogP contribution is -2.32. The number of methoxy groups -OCH3 is 2. The normalized spacial score (nSPS) is 13.7.